The molecule has 6 nitrogen and oxygen atoms in total. The Kier molecular flexibility index (Phi) is 4.64. The minimum Gasteiger partial charge on any atom is -0.465 e. The van der Waals surface area contributed by atoms with Gasteiger partial charge in [-0.1, -0.05) is 30.3 Å². The second-order valence-electron chi connectivity index (χ2n) is 6.28. The third-order valence-electron chi connectivity index (χ3n) is 4.55. The average molecular weight is 348 g/mol. The van der Waals surface area contributed by atoms with E-state index in [0.717, 1.165) is 31.0 Å². The van der Waals surface area contributed by atoms with Crippen molar-refractivity contribution in [3.05, 3.63) is 77.8 Å². The van der Waals surface area contributed by atoms with Crippen LogP contribution in [0.4, 0.5) is 0 Å². The summed E-state index contributed by atoms with van der Waals surface area (Å²) in [5, 5.41) is 8.62. The minimum absolute atomic E-state index is 0.0403. The molecule has 3 heterocycles. The van der Waals surface area contributed by atoms with Crippen LogP contribution in [0.15, 0.2) is 59.2 Å². The van der Waals surface area contributed by atoms with E-state index < -0.39 is 0 Å². The fraction of sp³-hybridized carbons (Fsp3) is 0.250. The van der Waals surface area contributed by atoms with Crippen LogP contribution in [0.1, 0.15) is 23.0 Å². The van der Waals surface area contributed by atoms with E-state index in [1.54, 1.807) is 29.4 Å². The van der Waals surface area contributed by atoms with Crippen LogP contribution in [0.25, 0.3) is 6.08 Å². The van der Waals surface area contributed by atoms with E-state index in [2.05, 4.69) is 26.9 Å². The fourth-order valence-electron chi connectivity index (χ4n) is 3.14. The summed E-state index contributed by atoms with van der Waals surface area (Å²) >= 11 is 0. The first-order chi connectivity index (χ1) is 12.8. The molecule has 0 fully saturated rings. The number of hydrogen-bond donors (Lipinski definition) is 0. The first-order valence-electron chi connectivity index (χ1n) is 8.75. The van der Waals surface area contributed by atoms with Crippen molar-refractivity contribution in [1.29, 1.82) is 0 Å². The van der Waals surface area contributed by atoms with Gasteiger partial charge in [0.15, 0.2) is 5.82 Å². The Balaban J connectivity index is 1.39. The monoisotopic (exact) mass is 348 g/mol. The number of carbonyl (C=O) groups is 1. The molecule has 0 saturated carbocycles. The lowest BCUT2D eigenvalue weighted by Gasteiger charge is -2.26. The Hall–Kier alpha value is -3.15. The van der Waals surface area contributed by atoms with Crippen LogP contribution in [0.2, 0.25) is 0 Å². The molecule has 0 unspecified atom stereocenters. The summed E-state index contributed by atoms with van der Waals surface area (Å²) in [6.45, 7) is 1.87. The third-order valence-corrected chi connectivity index (χ3v) is 4.55. The van der Waals surface area contributed by atoms with E-state index >= 15 is 0 Å². The number of rotatable bonds is 5. The second-order valence-corrected chi connectivity index (χ2v) is 6.28. The summed E-state index contributed by atoms with van der Waals surface area (Å²) in [6, 6.07) is 14.0. The van der Waals surface area contributed by atoms with Crippen LogP contribution in [0.3, 0.4) is 0 Å². The molecule has 1 aliphatic rings. The van der Waals surface area contributed by atoms with E-state index in [0.29, 0.717) is 18.8 Å². The number of amides is 1. The SMILES string of the molecule is O=C(C=Cc1ccco1)N1CCn2c(CCc3ccccc3)nnc2C1. The lowest BCUT2D eigenvalue weighted by Crippen LogP contribution is -2.37. The molecule has 3 aromatic rings. The zero-order valence-electron chi connectivity index (χ0n) is 14.4. The van der Waals surface area contributed by atoms with Gasteiger partial charge >= 0.3 is 0 Å². The van der Waals surface area contributed by atoms with Crippen molar-refractivity contribution in [2.24, 2.45) is 0 Å². The minimum atomic E-state index is -0.0403. The van der Waals surface area contributed by atoms with Gasteiger partial charge in [0.1, 0.15) is 11.6 Å². The highest BCUT2D eigenvalue weighted by atomic mass is 16.3. The van der Waals surface area contributed by atoms with Crippen molar-refractivity contribution in [2.45, 2.75) is 25.9 Å². The first kappa shape index (κ1) is 16.3. The van der Waals surface area contributed by atoms with E-state index in [9.17, 15) is 4.79 Å². The Bertz CT molecular complexity index is 897. The molecule has 1 aromatic carbocycles. The van der Waals surface area contributed by atoms with Gasteiger partial charge in [0.25, 0.3) is 0 Å². The van der Waals surface area contributed by atoms with Crippen LogP contribution >= 0.6 is 0 Å². The van der Waals surface area contributed by atoms with Crippen molar-refractivity contribution in [3.63, 3.8) is 0 Å². The van der Waals surface area contributed by atoms with Gasteiger partial charge in [0.2, 0.25) is 5.91 Å². The fourth-order valence-corrected chi connectivity index (χ4v) is 3.14. The maximum Gasteiger partial charge on any atom is 0.247 e. The van der Waals surface area contributed by atoms with Crippen LogP contribution in [-0.4, -0.2) is 32.1 Å². The summed E-state index contributed by atoms with van der Waals surface area (Å²) < 4.78 is 7.35. The largest absolute Gasteiger partial charge is 0.465 e. The number of nitrogens with zero attached hydrogens (tertiary/aromatic N) is 4. The molecule has 0 saturated heterocycles. The number of fused-ring (bicyclic) bond motifs is 1. The normalized spacial score (nSPS) is 13.9. The lowest BCUT2D eigenvalue weighted by atomic mass is 10.1. The third kappa shape index (κ3) is 3.59. The number of aryl methyl sites for hydroxylation is 2. The summed E-state index contributed by atoms with van der Waals surface area (Å²) in [7, 11) is 0. The van der Waals surface area contributed by atoms with Gasteiger partial charge in [-0.05, 0) is 30.2 Å². The average Bonchev–Trinajstić information content (AvgIpc) is 3.34. The zero-order chi connectivity index (χ0) is 17.8. The Labute approximate surface area is 151 Å². The van der Waals surface area contributed by atoms with Crippen molar-refractivity contribution in [3.8, 4) is 0 Å². The number of aromatic nitrogens is 3. The molecule has 0 atom stereocenters. The Morgan fingerprint density at radius 3 is 2.77 bits per heavy atom. The van der Waals surface area contributed by atoms with Gasteiger partial charge in [0.05, 0.1) is 12.8 Å². The van der Waals surface area contributed by atoms with Crippen LogP contribution in [0, 0.1) is 0 Å². The van der Waals surface area contributed by atoms with Crippen molar-refractivity contribution >= 4 is 12.0 Å². The molecular formula is C20H20N4O2. The molecule has 0 N–H and O–H groups in total. The van der Waals surface area contributed by atoms with Crippen LogP contribution in [0.5, 0.6) is 0 Å². The van der Waals surface area contributed by atoms with Crippen LogP contribution in [-0.2, 0) is 30.7 Å². The quantitative estimate of drug-likeness (QED) is 0.665. The zero-order valence-corrected chi connectivity index (χ0v) is 14.4. The molecule has 0 aliphatic carbocycles. The number of benzene rings is 1. The Morgan fingerprint density at radius 1 is 1.08 bits per heavy atom. The van der Waals surface area contributed by atoms with Crippen molar-refractivity contribution in [1.82, 2.24) is 19.7 Å². The number of carbonyl (C=O) groups excluding carboxylic acids is 1. The standard InChI is InChI=1S/C20H20N4O2/c25-20(11-9-17-7-4-14-26-17)23-12-13-24-18(21-22-19(24)15-23)10-8-16-5-2-1-3-6-16/h1-7,9,11,14H,8,10,12-13,15H2. The summed E-state index contributed by atoms with van der Waals surface area (Å²) in [5.41, 5.74) is 1.29. The van der Waals surface area contributed by atoms with Gasteiger partial charge in [-0.25, -0.2) is 0 Å². The van der Waals surface area contributed by atoms with E-state index in [1.165, 1.54) is 5.56 Å². The summed E-state index contributed by atoms with van der Waals surface area (Å²) in [6.07, 6.45) is 6.61. The maximum absolute atomic E-state index is 12.4. The van der Waals surface area contributed by atoms with Crippen LogP contribution < -0.4 is 0 Å². The molecule has 6 heteroatoms. The first-order valence-corrected chi connectivity index (χ1v) is 8.75. The van der Waals surface area contributed by atoms with Crippen molar-refractivity contribution in [2.75, 3.05) is 6.54 Å². The predicted octanol–water partition coefficient (Wildman–Crippen LogP) is 2.71. The Morgan fingerprint density at radius 2 is 1.96 bits per heavy atom. The van der Waals surface area contributed by atoms with E-state index in [1.807, 2.05) is 24.3 Å². The molecule has 0 bridgehead atoms. The predicted molar refractivity (Wildman–Crippen MR) is 97.0 cm³/mol. The molecule has 1 amide bonds. The summed E-state index contributed by atoms with van der Waals surface area (Å²) in [4.78, 5) is 14.1. The van der Waals surface area contributed by atoms with Gasteiger partial charge < -0.3 is 13.9 Å². The topological polar surface area (TPSA) is 64.2 Å². The smallest absolute Gasteiger partial charge is 0.247 e. The molecule has 0 spiro atoms. The highest BCUT2D eigenvalue weighted by Crippen LogP contribution is 2.15. The number of furan rings is 1. The van der Waals surface area contributed by atoms with Gasteiger partial charge in [-0.2, -0.15) is 0 Å². The van der Waals surface area contributed by atoms with Gasteiger partial charge in [-0.15, -0.1) is 10.2 Å². The van der Waals surface area contributed by atoms with E-state index in [4.69, 9.17) is 4.42 Å². The maximum atomic E-state index is 12.4. The highest BCUT2D eigenvalue weighted by Gasteiger charge is 2.23. The highest BCUT2D eigenvalue weighted by molar-refractivity contribution is 5.91. The second kappa shape index (κ2) is 7.39. The molecular weight excluding hydrogens is 328 g/mol. The van der Waals surface area contributed by atoms with Gasteiger partial charge in [0, 0.05) is 25.6 Å². The summed E-state index contributed by atoms with van der Waals surface area (Å²) in [5.74, 6) is 2.46. The molecule has 26 heavy (non-hydrogen) atoms. The number of hydrogen-bond acceptors (Lipinski definition) is 4. The molecule has 4 rings (SSSR count). The molecule has 1 aliphatic heterocycles. The molecule has 132 valence electrons. The lowest BCUT2D eigenvalue weighted by molar-refractivity contribution is -0.127. The van der Waals surface area contributed by atoms with Gasteiger partial charge in [-0.3, -0.25) is 4.79 Å². The van der Waals surface area contributed by atoms with Crippen molar-refractivity contribution < 1.29 is 9.21 Å². The molecule has 0 radical (unpaired) electrons. The van der Waals surface area contributed by atoms with E-state index in [-0.39, 0.29) is 5.91 Å². The molecule has 2 aromatic heterocycles.